The van der Waals surface area contributed by atoms with Crippen molar-refractivity contribution in [2.45, 2.75) is 116 Å². The summed E-state index contributed by atoms with van der Waals surface area (Å²) in [6.07, 6.45) is 19.8. The first-order valence-electron chi connectivity index (χ1n) is 13.1. The lowest BCUT2D eigenvalue weighted by atomic mass is 9.60. The normalized spacial score (nSPS) is 46.9. The van der Waals surface area contributed by atoms with Gasteiger partial charge in [0, 0.05) is 5.41 Å². The Kier molecular flexibility index (Phi) is 5.63. The Morgan fingerprint density at radius 2 is 1.41 bits per heavy atom. The number of Topliss-reactive ketones (excluding diaryl/α,β-unsaturated/α-hetero) is 1. The van der Waals surface area contributed by atoms with Crippen LogP contribution in [0.5, 0.6) is 0 Å². The molecule has 6 aliphatic rings. The highest BCUT2D eigenvalue weighted by Gasteiger charge is 2.51. The summed E-state index contributed by atoms with van der Waals surface area (Å²) in [5.74, 6) is 5.31. The molecule has 6 bridgehead atoms. The zero-order chi connectivity index (χ0) is 20.1. The van der Waals surface area contributed by atoms with Crippen LogP contribution in [0.3, 0.4) is 0 Å². The molecule has 29 heavy (non-hydrogen) atoms. The molecule has 0 saturated heterocycles. The van der Waals surface area contributed by atoms with Gasteiger partial charge in [0.05, 0.1) is 5.60 Å². The predicted octanol–water partition coefficient (Wildman–Crippen LogP) is 6.95. The fourth-order valence-corrected chi connectivity index (χ4v) is 8.76. The van der Waals surface area contributed by atoms with Crippen molar-refractivity contribution < 1.29 is 9.53 Å². The molecule has 0 aromatic carbocycles. The van der Waals surface area contributed by atoms with Crippen molar-refractivity contribution >= 4 is 5.78 Å². The van der Waals surface area contributed by atoms with Crippen molar-refractivity contribution in [2.24, 2.45) is 40.9 Å². The van der Waals surface area contributed by atoms with Crippen molar-refractivity contribution in [1.82, 2.24) is 0 Å². The van der Waals surface area contributed by atoms with E-state index in [0.717, 1.165) is 36.0 Å². The van der Waals surface area contributed by atoms with E-state index in [9.17, 15) is 4.79 Å². The molecule has 2 unspecified atom stereocenters. The monoisotopic (exact) mass is 400 g/mol. The molecule has 6 rings (SSSR count). The largest absolute Gasteiger partial charge is 0.367 e. The van der Waals surface area contributed by atoms with Gasteiger partial charge in [-0.1, -0.05) is 39.5 Å². The number of hydrogen-bond acceptors (Lipinski definition) is 2. The first kappa shape index (κ1) is 20.5. The molecule has 5 atom stereocenters. The fourth-order valence-electron chi connectivity index (χ4n) is 8.76. The summed E-state index contributed by atoms with van der Waals surface area (Å²) in [5.41, 5.74) is -0.0704. The van der Waals surface area contributed by atoms with Crippen LogP contribution in [0.4, 0.5) is 0 Å². The van der Waals surface area contributed by atoms with Crippen LogP contribution in [0.15, 0.2) is 0 Å². The van der Waals surface area contributed by atoms with Gasteiger partial charge in [-0.15, -0.1) is 0 Å². The van der Waals surface area contributed by atoms with E-state index in [2.05, 4.69) is 13.8 Å². The highest BCUT2D eigenvalue weighted by molar-refractivity contribution is 5.86. The molecule has 0 spiro atoms. The van der Waals surface area contributed by atoms with Crippen LogP contribution in [0.1, 0.15) is 110 Å². The van der Waals surface area contributed by atoms with Crippen molar-refractivity contribution in [3.05, 3.63) is 0 Å². The van der Waals surface area contributed by atoms with Gasteiger partial charge in [-0.25, -0.2) is 0 Å². The molecule has 0 heterocycles. The van der Waals surface area contributed by atoms with E-state index in [-0.39, 0.29) is 11.0 Å². The summed E-state index contributed by atoms with van der Waals surface area (Å²) in [7, 11) is 0. The van der Waals surface area contributed by atoms with E-state index < -0.39 is 0 Å². The minimum Gasteiger partial charge on any atom is -0.367 e. The van der Waals surface area contributed by atoms with Gasteiger partial charge in [-0.05, 0) is 106 Å². The third-order valence-electron chi connectivity index (χ3n) is 10.3. The summed E-state index contributed by atoms with van der Waals surface area (Å²) in [6, 6.07) is 0. The van der Waals surface area contributed by atoms with Gasteiger partial charge in [0.25, 0.3) is 0 Å². The second-order valence-corrected chi connectivity index (χ2v) is 12.5. The zero-order valence-electron chi connectivity index (χ0n) is 19.1. The van der Waals surface area contributed by atoms with Crippen LogP contribution < -0.4 is 0 Å². The van der Waals surface area contributed by atoms with Crippen LogP contribution in [-0.4, -0.2) is 18.0 Å². The molecule has 6 aliphatic carbocycles. The van der Waals surface area contributed by atoms with Gasteiger partial charge in [0.2, 0.25) is 0 Å². The lowest BCUT2D eigenvalue weighted by Crippen LogP contribution is -2.45. The van der Waals surface area contributed by atoms with Gasteiger partial charge in [-0.3, -0.25) is 4.79 Å². The summed E-state index contributed by atoms with van der Waals surface area (Å²) >= 11 is 0. The first-order chi connectivity index (χ1) is 14.0. The van der Waals surface area contributed by atoms with Crippen LogP contribution in [0.25, 0.3) is 0 Å². The number of carbonyl (C=O) groups is 1. The third kappa shape index (κ3) is 3.97. The quantitative estimate of drug-likeness (QED) is 0.499. The number of ketones is 1. The highest BCUT2D eigenvalue weighted by Crippen LogP contribution is 2.57. The first-order valence-corrected chi connectivity index (χ1v) is 13.1. The smallest absolute Gasteiger partial charge is 0.164 e. The van der Waals surface area contributed by atoms with Gasteiger partial charge in [0.15, 0.2) is 5.78 Å². The molecule has 0 aliphatic heterocycles. The lowest BCUT2D eigenvalue weighted by Gasteiger charge is -2.45. The predicted molar refractivity (Wildman–Crippen MR) is 118 cm³/mol. The second kappa shape index (κ2) is 7.95. The van der Waals surface area contributed by atoms with E-state index in [0.29, 0.717) is 18.3 Å². The summed E-state index contributed by atoms with van der Waals surface area (Å²) in [4.78, 5) is 13.7. The number of ether oxygens (including phenoxy) is 1. The lowest BCUT2D eigenvalue weighted by molar-refractivity contribution is -0.152. The third-order valence-corrected chi connectivity index (χ3v) is 10.3. The molecule has 6 fully saturated rings. The van der Waals surface area contributed by atoms with E-state index in [1.165, 1.54) is 89.9 Å². The summed E-state index contributed by atoms with van der Waals surface area (Å²) in [6.45, 7) is 5.10. The van der Waals surface area contributed by atoms with Gasteiger partial charge in [0.1, 0.15) is 6.61 Å². The van der Waals surface area contributed by atoms with Crippen molar-refractivity contribution in [3.63, 3.8) is 0 Å². The number of hydrogen-bond donors (Lipinski definition) is 0. The molecule has 0 amide bonds. The number of fused-ring (bicyclic) bond motifs is 3. The van der Waals surface area contributed by atoms with E-state index >= 15 is 0 Å². The molecule has 0 radical (unpaired) electrons. The Hall–Kier alpha value is -0.370. The molecular formula is C27H44O2. The Labute approximate surface area is 178 Å². The maximum absolute atomic E-state index is 13.7. The van der Waals surface area contributed by atoms with Gasteiger partial charge < -0.3 is 4.74 Å². The topological polar surface area (TPSA) is 26.3 Å². The SMILES string of the molecule is CC(C)[C@@]1(OCC(=O)C23CCC4CC(CC(C4)C2)C3)CC[C@@H]2CCCC[C@@H](C2)C1. The minimum absolute atomic E-state index is 0.0187. The molecule has 0 aromatic heterocycles. The zero-order valence-corrected chi connectivity index (χ0v) is 19.1. The fraction of sp³-hybridized carbons (Fsp3) is 0.963. The molecule has 6 saturated carbocycles. The van der Waals surface area contributed by atoms with Crippen LogP contribution in [-0.2, 0) is 9.53 Å². The van der Waals surface area contributed by atoms with Crippen molar-refractivity contribution in [3.8, 4) is 0 Å². The second-order valence-electron chi connectivity index (χ2n) is 12.5. The molecule has 164 valence electrons. The molecular weight excluding hydrogens is 356 g/mol. The Morgan fingerprint density at radius 3 is 2.14 bits per heavy atom. The average Bonchev–Trinajstić information content (AvgIpc) is 3.12. The Morgan fingerprint density at radius 1 is 0.793 bits per heavy atom. The molecule has 2 nitrogen and oxygen atoms in total. The average molecular weight is 401 g/mol. The minimum atomic E-state index is -0.0516. The standard InChI is InChI=1S/C27H44O2/c1-19(2)27(10-8-20-5-3-4-6-22(11-20)17-27)29-18-25(28)26-9-7-21-12-23(15-26)14-24(13-21)16-26/h19-24H,3-18H2,1-2H3/t20-,21?,22-,23?,24?,26?,27+/m0/s1. The summed E-state index contributed by atoms with van der Waals surface area (Å²) in [5, 5.41) is 0. The molecule has 0 N–H and O–H groups in total. The summed E-state index contributed by atoms with van der Waals surface area (Å²) < 4.78 is 6.80. The highest BCUT2D eigenvalue weighted by atomic mass is 16.5. The Balaban J connectivity index is 1.30. The van der Waals surface area contributed by atoms with Crippen molar-refractivity contribution in [2.75, 3.05) is 6.61 Å². The molecule has 0 aromatic rings. The van der Waals surface area contributed by atoms with Gasteiger partial charge in [-0.2, -0.15) is 0 Å². The van der Waals surface area contributed by atoms with Crippen LogP contribution in [0.2, 0.25) is 0 Å². The molecule has 2 heteroatoms. The Bertz CT molecular complexity index is 596. The van der Waals surface area contributed by atoms with E-state index in [1.54, 1.807) is 0 Å². The number of rotatable bonds is 5. The van der Waals surface area contributed by atoms with Crippen LogP contribution >= 0.6 is 0 Å². The maximum Gasteiger partial charge on any atom is 0.164 e. The van der Waals surface area contributed by atoms with Gasteiger partial charge >= 0.3 is 0 Å². The van der Waals surface area contributed by atoms with E-state index in [4.69, 9.17) is 4.74 Å². The number of carbonyl (C=O) groups excluding carboxylic acids is 1. The van der Waals surface area contributed by atoms with Crippen molar-refractivity contribution in [1.29, 1.82) is 0 Å². The maximum atomic E-state index is 13.7. The van der Waals surface area contributed by atoms with Crippen LogP contribution in [0, 0.1) is 40.9 Å². The van der Waals surface area contributed by atoms with E-state index in [1.807, 2.05) is 0 Å².